The smallest absolute Gasteiger partial charge is 0.171 e. The first-order valence-corrected chi connectivity index (χ1v) is 9.18. The van der Waals surface area contributed by atoms with E-state index in [1.807, 2.05) is 24.3 Å². The molecule has 0 atom stereocenters. The lowest BCUT2D eigenvalue weighted by Gasteiger charge is -2.28. The van der Waals surface area contributed by atoms with Crippen LogP contribution in [0.2, 0.25) is 0 Å². The normalized spacial score (nSPS) is 14.0. The standard InChI is InChI=1S/C20H25N3OS/c1-24-19-7-5-6-17(14-19)22-20(25)21-15-16-8-10-18(11-9-16)23-12-3-2-4-13-23/h5-11,14H,2-4,12-13,15H2,1H3,(H2,21,22,25). The van der Waals surface area contributed by atoms with E-state index in [1.54, 1.807) is 7.11 Å². The predicted octanol–water partition coefficient (Wildman–Crippen LogP) is 4.17. The number of benzene rings is 2. The molecular formula is C20H25N3OS. The molecule has 0 saturated carbocycles. The van der Waals surface area contributed by atoms with Crippen molar-refractivity contribution in [3.63, 3.8) is 0 Å². The van der Waals surface area contributed by atoms with Gasteiger partial charge in [0.15, 0.2) is 5.11 Å². The predicted molar refractivity (Wildman–Crippen MR) is 109 cm³/mol. The van der Waals surface area contributed by atoms with Crippen molar-refractivity contribution in [2.75, 3.05) is 30.4 Å². The average Bonchev–Trinajstić information content (AvgIpc) is 2.67. The van der Waals surface area contributed by atoms with Gasteiger partial charge < -0.3 is 20.3 Å². The van der Waals surface area contributed by atoms with Gasteiger partial charge in [0.2, 0.25) is 0 Å². The summed E-state index contributed by atoms with van der Waals surface area (Å²) in [6, 6.07) is 16.5. The summed E-state index contributed by atoms with van der Waals surface area (Å²) in [4.78, 5) is 2.47. The van der Waals surface area contributed by atoms with Gasteiger partial charge in [-0.2, -0.15) is 0 Å². The molecule has 0 spiro atoms. The van der Waals surface area contributed by atoms with E-state index in [1.165, 1.54) is 43.6 Å². The van der Waals surface area contributed by atoms with E-state index in [-0.39, 0.29) is 0 Å². The Balaban J connectivity index is 1.49. The molecule has 0 aliphatic carbocycles. The number of hydrogen-bond acceptors (Lipinski definition) is 3. The van der Waals surface area contributed by atoms with Crippen LogP contribution >= 0.6 is 12.2 Å². The number of anilines is 2. The minimum atomic E-state index is 0.605. The van der Waals surface area contributed by atoms with Gasteiger partial charge in [-0.3, -0.25) is 0 Å². The molecule has 4 nitrogen and oxygen atoms in total. The van der Waals surface area contributed by atoms with Gasteiger partial charge in [-0.1, -0.05) is 18.2 Å². The van der Waals surface area contributed by atoms with Gasteiger partial charge in [0.25, 0.3) is 0 Å². The second-order valence-electron chi connectivity index (χ2n) is 6.25. The quantitative estimate of drug-likeness (QED) is 0.787. The van der Waals surface area contributed by atoms with Crippen molar-refractivity contribution in [1.82, 2.24) is 5.32 Å². The Morgan fingerprint density at radius 2 is 1.84 bits per heavy atom. The van der Waals surface area contributed by atoms with Gasteiger partial charge in [-0.15, -0.1) is 0 Å². The van der Waals surface area contributed by atoms with Gasteiger partial charge in [-0.25, -0.2) is 0 Å². The van der Waals surface area contributed by atoms with E-state index >= 15 is 0 Å². The van der Waals surface area contributed by atoms with Crippen LogP contribution < -0.4 is 20.3 Å². The fourth-order valence-electron chi connectivity index (χ4n) is 3.04. The molecule has 132 valence electrons. The van der Waals surface area contributed by atoms with Crippen molar-refractivity contribution in [3.05, 3.63) is 54.1 Å². The number of piperidine rings is 1. The maximum absolute atomic E-state index is 5.37. The van der Waals surface area contributed by atoms with E-state index in [0.29, 0.717) is 11.7 Å². The second-order valence-corrected chi connectivity index (χ2v) is 6.66. The van der Waals surface area contributed by atoms with Crippen LogP contribution in [0.4, 0.5) is 11.4 Å². The highest BCUT2D eigenvalue weighted by atomic mass is 32.1. The number of hydrogen-bond donors (Lipinski definition) is 2. The van der Waals surface area contributed by atoms with E-state index in [0.717, 1.165) is 11.4 Å². The minimum absolute atomic E-state index is 0.605. The molecule has 3 rings (SSSR count). The van der Waals surface area contributed by atoms with Crippen molar-refractivity contribution in [2.45, 2.75) is 25.8 Å². The lowest BCUT2D eigenvalue weighted by Crippen LogP contribution is -2.29. The fourth-order valence-corrected chi connectivity index (χ4v) is 3.23. The molecule has 1 heterocycles. The van der Waals surface area contributed by atoms with Crippen LogP contribution in [0, 0.1) is 0 Å². The Morgan fingerprint density at radius 1 is 1.08 bits per heavy atom. The summed E-state index contributed by atoms with van der Waals surface area (Å²) in [5, 5.41) is 7.04. The second kappa shape index (κ2) is 8.72. The maximum Gasteiger partial charge on any atom is 0.171 e. The molecule has 1 aliphatic heterocycles. The summed E-state index contributed by atoms with van der Waals surface area (Å²) in [6.07, 6.45) is 3.96. The highest BCUT2D eigenvalue weighted by Gasteiger charge is 2.10. The van der Waals surface area contributed by atoms with E-state index < -0.39 is 0 Å². The van der Waals surface area contributed by atoms with Gasteiger partial charge >= 0.3 is 0 Å². The first-order valence-electron chi connectivity index (χ1n) is 8.77. The summed E-state index contributed by atoms with van der Waals surface area (Å²) < 4.78 is 5.22. The van der Waals surface area contributed by atoms with Crippen LogP contribution in [0.3, 0.4) is 0 Å². The lowest BCUT2D eigenvalue weighted by atomic mass is 10.1. The number of thiocarbonyl (C=S) groups is 1. The third-order valence-electron chi connectivity index (χ3n) is 4.44. The summed E-state index contributed by atoms with van der Waals surface area (Å²) in [5.74, 6) is 0.807. The van der Waals surface area contributed by atoms with E-state index in [2.05, 4.69) is 39.8 Å². The molecule has 2 N–H and O–H groups in total. The van der Waals surface area contributed by atoms with Crippen molar-refractivity contribution in [3.8, 4) is 5.75 Å². The summed E-state index contributed by atoms with van der Waals surface area (Å²) in [5.41, 5.74) is 3.45. The molecular weight excluding hydrogens is 330 g/mol. The van der Waals surface area contributed by atoms with Gasteiger partial charge in [-0.05, 0) is 61.3 Å². The summed E-state index contributed by atoms with van der Waals surface area (Å²) in [6.45, 7) is 3.05. The maximum atomic E-state index is 5.37. The number of ether oxygens (including phenoxy) is 1. The Hall–Kier alpha value is -2.27. The van der Waals surface area contributed by atoms with Gasteiger partial charge in [0, 0.05) is 37.1 Å². The van der Waals surface area contributed by atoms with Crippen LogP contribution in [0.1, 0.15) is 24.8 Å². The zero-order valence-corrected chi connectivity index (χ0v) is 15.4. The molecule has 25 heavy (non-hydrogen) atoms. The van der Waals surface area contributed by atoms with Crippen LogP contribution in [-0.4, -0.2) is 25.3 Å². The molecule has 0 bridgehead atoms. The molecule has 0 radical (unpaired) electrons. The first kappa shape index (κ1) is 17.5. The van der Waals surface area contributed by atoms with Gasteiger partial charge in [0.1, 0.15) is 5.75 Å². The summed E-state index contributed by atoms with van der Waals surface area (Å²) >= 11 is 5.37. The van der Waals surface area contributed by atoms with Crippen molar-refractivity contribution in [2.24, 2.45) is 0 Å². The topological polar surface area (TPSA) is 36.5 Å². The number of rotatable bonds is 5. The van der Waals surface area contributed by atoms with E-state index in [9.17, 15) is 0 Å². The number of nitrogens with one attached hydrogen (secondary N) is 2. The Kier molecular flexibility index (Phi) is 6.12. The average molecular weight is 356 g/mol. The minimum Gasteiger partial charge on any atom is -0.497 e. The molecule has 0 unspecified atom stereocenters. The molecule has 2 aromatic carbocycles. The third-order valence-corrected chi connectivity index (χ3v) is 4.68. The SMILES string of the molecule is COc1cccc(NC(=S)NCc2ccc(N3CCCCC3)cc2)c1. The molecule has 0 amide bonds. The van der Waals surface area contributed by atoms with E-state index in [4.69, 9.17) is 17.0 Å². The van der Waals surface area contributed by atoms with Crippen LogP contribution in [0.5, 0.6) is 5.75 Å². The fraction of sp³-hybridized carbons (Fsp3) is 0.350. The number of methoxy groups -OCH3 is 1. The zero-order chi connectivity index (χ0) is 17.5. The largest absolute Gasteiger partial charge is 0.497 e. The molecule has 5 heteroatoms. The zero-order valence-electron chi connectivity index (χ0n) is 14.6. The highest BCUT2D eigenvalue weighted by molar-refractivity contribution is 7.80. The molecule has 1 fully saturated rings. The Labute approximate surface area is 155 Å². The molecule has 2 aromatic rings. The van der Waals surface area contributed by atoms with Crippen LogP contribution in [0.15, 0.2) is 48.5 Å². The summed E-state index contributed by atoms with van der Waals surface area (Å²) in [7, 11) is 1.66. The highest BCUT2D eigenvalue weighted by Crippen LogP contribution is 2.20. The van der Waals surface area contributed by atoms with Crippen molar-refractivity contribution in [1.29, 1.82) is 0 Å². The molecule has 1 aliphatic rings. The van der Waals surface area contributed by atoms with Crippen molar-refractivity contribution >= 4 is 28.7 Å². The Morgan fingerprint density at radius 3 is 2.56 bits per heavy atom. The number of nitrogens with zero attached hydrogens (tertiary/aromatic N) is 1. The van der Waals surface area contributed by atoms with Crippen LogP contribution in [0.25, 0.3) is 0 Å². The lowest BCUT2D eigenvalue weighted by molar-refractivity contribution is 0.415. The monoisotopic (exact) mass is 355 g/mol. The van der Waals surface area contributed by atoms with Gasteiger partial charge in [0.05, 0.1) is 7.11 Å². The molecule has 1 saturated heterocycles. The van der Waals surface area contributed by atoms with Crippen LogP contribution in [-0.2, 0) is 6.54 Å². The first-order chi connectivity index (χ1) is 12.2. The third kappa shape index (κ3) is 5.10. The Bertz CT molecular complexity index is 696. The molecule has 0 aromatic heterocycles. The van der Waals surface area contributed by atoms with Crippen molar-refractivity contribution < 1.29 is 4.74 Å².